The number of rotatable bonds is 6. The first-order chi connectivity index (χ1) is 12.4. The highest BCUT2D eigenvalue weighted by Gasteiger charge is 2.23. The summed E-state index contributed by atoms with van der Waals surface area (Å²) < 4.78 is 0. The van der Waals surface area contributed by atoms with Crippen LogP contribution in [0.25, 0.3) is 0 Å². The fourth-order valence-corrected chi connectivity index (χ4v) is 2.22. The second-order valence-corrected chi connectivity index (χ2v) is 5.38. The molecule has 0 bridgehead atoms. The number of nitrogens with one attached hydrogen (secondary N) is 2. The standard InChI is InChI=1S/C18H16N2O6/c21-15(22)10-14(18(25)26)11-6-8-13(9-7-11)20-17(24)16(23)19-12-4-2-1-3-5-12/h1-9,14H,10H2,(H,19,23)(H,20,24)(H,21,22)(H,25,26). The summed E-state index contributed by atoms with van der Waals surface area (Å²) >= 11 is 0. The van der Waals surface area contributed by atoms with Crippen LogP contribution in [0.1, 0.15) is 17.9 Å². The number of carboxylic acids is 2. The Morgan fingerprint density at radius 1 is 0.769 bits per heavy atom. The Morgan fingerprint density at radius 2 is 1.27 bits per heavy atom. The van der Waals surface area contributed by atoms with Gasteiger partial charge >= 0.3 is 23.8 Å². The fourth-order valence-electron chi connectivity index (χ4n) is 2.22. The van der Waals surface area contributed by atoms with Crippen molar-refractivity contribution in [1.82, 2.24) is 0 Å². The molecule has 26 heavy (non-hydrogen) atoms. The van der Waals surface area contributed by atoms with Gasteiger partial charge in [0.05, 0.1) is 12.3 Å². The molecule has 1 unspecified atom stereocenters. The lowest BCUT2D eigenvalue weighted by molar-refractivity contribution is -0.145. The number of anilines is 2. The van der Waals surface area contributed by atoms with E-state index in [0.717, 1.165) is 0 Å². The quantitative estimate of drug-likeness (QED) is 0.584. The maximum atomic E-state index is 11.9. The van der Waals surface area contributed by atoms with Crippen LogP contribution in [0.4, 0.5) is 11.4 Å². The van der Waals surface area contributed by atoms with E-state index in [9.17, 15) is 19.2 Å². The van der Waals surface area contributed by atoms with Crippen molar-refractivity contribution in [3.63, 3.8) is 0 Å². The summed E-state index contributed by atoms with van der Waals surface area (Å²) in [6.07, 6.45) is -0.555. The molecule has 0 spiro atoms. The Bertz CT molecular complexity index is 817. The van der Waals surface area contributed by atoms with Crippen molar-refractivity contribution < 1.29 is 29.4 Å². The van der Waals surface area contributed by atoms with Crippen molar-refractivity contribution in [3.05, 3.63) is 60.2 Å². The number of hydrogen-bond acceptors (Lipinski definition) is 4. The molecule has 0 aliphatic rings. The molecule has 2 aromatic rings. The van der Waals surface area contributed by atoms with E-state index < -0.39 is 36.1 Å². The molecule has 8 heteroatoms. The third kappa shape index (κ3) is 5.17. The van der Waals surface area contributed by atoms with Crippen LogP contribution in [-0.4, -0.2) is 34.0 Å². The first kappa shape index (κ1) is 18.7. The van der Waals surface area contributed by atoms with Crippen LogP contribution >= 0.6 is 0 Å². The number of hydrogen-bond donors (Lipinski definition) is 4. The van der Waals surface area contributed by atoms with Gasteiger partial charge in [0.2, 0.25) is 0 Å². The number of amides is 2. The average molecular weight is 356 g/mol. The summed E-state index contributed by atoms with van der Waals surface area (Å²) in [4.78, 5) is 45.7. The number of para-hydroxylation sites is 1. The van der Waals surface area contributed by atoms with Gasteiger partial charge in [-0.3, -0.25) is 19.2 Å². The van der Waals surface area contributed by atoms with Gasteiger partial charge in [0.1, 0.15) is 0 Å². The monoisotopic (exact) mass is 356 g/mol. The molecule has 2 rings (SSSR count). The van der Waals surface area contributed by atoms with Gasteiger partial charge in [-0.1, -0.05) is 30.3 Å². The van der Waals surface area contributed by atoms with Crippen molar-refractivity contribution in [1.29, 1.82) is 0 Å². The van der Waals surface area contributed by atoms with Crippen LogP contribution in [0.15, 0.2) is 54.6 Å². The number of carbonyl (C=O) groups excluding carboxylic acids is 2. The Balaban J connectivity index is 2.01. The summed E-state index contributed by atoms with van der Waals surface area (Å²) in [7, 11) is 0. The van der Waals surface area contributed by atoms with Crippen LogP contribution in [0.2, 0.25) is 0 Å². The van der Waals surface area contributed by atoms with Gasteiger partial charge in [-0.05, 0) is 29.8 Å². The van der Waals surface area contributed by atoms with Crippen LogP contribution in [0.5, 0.6) is 0 Å². The molecule has 0 saturated heterocycles. The molecule has 8 nitrogen and oxygen atoms in total. The third-order valence-corrected chi connectivity index (χ3v) is 3.49. The molecule has 0 fully saturated rings. The minimum atomic E-state index is -1.26. The summed E-state index contributed by atoms with van der Waals surface area (Å²) in [6.45, 7) is 0. The minimum absolute atomic E-state index is 0.279. The lowest BCUT2D eigenvalue weighted by Gasteiger charge is -2.11. The van der Waals surface area contributed by atoms with Crippen LogP contribution < -0.4 is 10.6 Å². The van der Waals surface area contributed by atoms with Crippen LogP contribution in [0, 0.1) is 0 Å². The van der Waals surface area contributed by atoms with Crippen molar-refractivity contribution in [2.24, 2.45) is 0 Å². The Morgan fingerprint density at radius 3 is 1.73 bits per heavy atom. The minimum Gasteiger partial charge on any atom is -0.481 e. The van der Waals surface area contributed by atoms with Crippen LogP contribution in [-0.2, 0) is 19.2 Å². The average Bonchev–Trinajstić information content (AvgIpc) is 2.61. The second-order valence-electron chi connectivity index (χ2n) is 5.38. The van der Waals surface area contributed by atoms with Crippen LogP contribution in [0.3, 0.4) is 0 Å². The van der Waals surface area contributed by atoms with Gasteiger partial charge in [0.25, 0.3) is 0 Å². The largest absolute Gasteiger partial charge is 0.481 e. The molecule has 1 atom stereocenters. The van der Waals surface area contributed by atoms with Gasteiger partial charge in [0.15, 0.2) is 0 Å². The molecule has 0 heterocycles. The van der Waals surface area contributed by atoms with E-state index in [4.69, 9.17) is 10.2 Å². The van der Waals surface area contributed by atoms with Gasteiger partial charge in [0, 0.05) is 11.4 Å². The maximum Gasteiger partial charge on any atom is 0.314 e. The number of aliphatic carboxylic acids is 2. The van der Waals surface area contributed by atoms with Crippen molar-refractivity contribution in [2.45, 2.75) is 12.3 Å². The van der Waals surface area contributed by atoms with E-state index in [2.05, 4.69) is 10.6 Å². The zero-order chi connectivity index (χ0) is 19.1. The number of carboxylic acid groups (broad SMARTS) is 2. The molecular weight excluding hydrogens is 340 g/mol. The first-order valence-electron chi connectivity index (χ1n) is 7.58. The topological polar surface area (TPSA) is 133 Å². The van der Waals surface area contributed by atoms with E-state index in [1.165, 1.54) is 24.3 Å². The smallest absolute Gasteiger partial charge is 0.314 e. The van der Waals surface area contributed by atoms with Gasteiger partial charge < -0.3 is 20.8 Å². The second kappa shape index (κ2) is 8.43. The highest BCUT2D eigenvalue weighted by molar-refractivity contribution is 6.43. The van der Waals surface area contributed by atoms with E-state index in [1.54, 1.807) is 30.3 Å². The Hall–Kier alpha value is -3.68. The zero-order valence-electron chi connectivity index (χ0n) is 13.5. The highest BCUT2D eigenvalue weighted by Crippen LogP contribution is 2.22. The van der Waals surface area contributed by atoms with Gasteiger partial charge in [-0.2, -0.15) is 0 Å². The third-order valence-electron chi connectivity index (χ3n) is 3.49. The number of carbonyl (C=O) groups is 4. The lowest BCUT2D eigenvalue weighted by Crippen LogP contribution is -2.29. The van der Waals surface area contributed by atoms with Gasteiger partial charge in [-0.25, -0.2) is 0 Å². The normalized spacial score (nSPS) is 11.2. The SMILES string of the molecule is O=C(O)CC(C(=O)O)c1ccc(NC(=O)C(=O)Nc2ccccc2)cc1. The molecule has 4 N–H and O–H groups in total. The van der Waals surface area contributed by atoms with Crippen molar-refractivity contribution in [3.8, 4) is 0 Å². The maximum absolute atomic E-state index is 11.9. The predicted molar refractivity (Wildman–Crippen MR) is 92.8 cm³/mol. The lowest BCUT2D eigenvalue weighted by atomic mass is 9.96. The first-order valence-corrected chi connectivity index (χ1v) is 7.58. The summed E-state index contributed by atoms with van der Waals surface area (Å²) in [5, 5.41) is 22.7. The molecule has 2 aromatic carbocycles. The molecule has 134 valence electrons. The summed E-state index contributed by atoms with van der Waals surface area (Å²) in [5.74, 6) is -5.42. The summed E-state index contributed by atoms with van der Waals surface area (Å²) in [6, 6.07) is 14.1. The molecule has 0 saturated carbocycles. The molecule has 0 aliphatic carbocycles. The van der Waals surface area contributed by atoms with E-state index in [0.29, 0.717) is 5.69 Å². The van der Waals surface area contributed by atoms with E-state index in [1.807, 2.05) is 0 Å². The summed E-state index contributed by atoms with van der Waals surface area (Å²) in [5.41, 5.74) is 1.04. The van der Waals surface area contributed by atoms with E-state index >= 15 is 0 Å². The Labute approximate surface area is 148 Å². The molecule has 0 radical (unpaired) electrons. The fraction of sp³-hybridized carbons (Fsp3) is 0.111. The van der Waals surface area contributed by atoms with Gasteiger partial charge in [-0.15, -0.1) is 0 Å². The van der Waals surface area contributed by atoms with Crippen molar-refractivity contribution >= 4 is 35.1 Å². The molecule has 2 amide bonds. The zero-order valence-corrected chi connectivity index (χ0v) is 13.5. The molecule has 0 aliphatic heterocycles. The molecule has 0 aromatic heterocycles. The van der Waals surface area contributed by atoms with Crippen molar-refractivity contribution in [2.75, 3.05) is 10.6 Å². The van der Waals surface area contributed by atoms with E-state index in [-0.39, 0.29) is 11.3 Å². The predicted octanol–water partition coefficient (Wildman–Crippen LogP) is 1.91. The Kier molecular flexibility index (Phi) is 6.05. The highest BCUT2D eigenvalue weighted by atomic mass is 16.4. The number of benzene rings is 2. The molecular formula is C18H16N2O6.